The first kappa shape index (κ1) is 58.0. The Bertz CT molecular complexity index is 1590. The summed E-state index contributed by atoms with van der Waals surface area (Å²) < 4.78 is 45.4. The van der Waals surface area contributed by atoms with E-state index >= 15 is 0 Å². The number of ketones is 4. The first-order chi connectivity index (χ1) is 27.6. The van der Waals surface area contributed by atoms with Crippen molar-refractivity contribution in [2.24, 2.45) is 10.8 Å². The summed E-state index contributed by atoms with van der Waals surface area (Å²) in [6.45, 7) is 5.61. The molecule has 0 radical (unpaired) electrons. The smallest absolute Gasteiger partial charge is 0.385 e. The second-order valence-electron chi connectivity index (χ2n) is 15.4. The standard InChI is InChI=1S/C28H39O7PS.C13H25O7PS.CH4/c1-28(2,27(31)26(30)18-10-16-25(29)17-11-19-37-3)22-35-36(32,33-20-23-12-6-4-7-13-23)34-21-24-14-8-5-9-15-24;1-13(2,9-20-21(17,18)19)12(16)11(15)7-3-5-10(14)6-4-8-22;/h4-9,12-15,27,31H,10-11,16-22H2,1-3H3;12,16,22H,3-9H2,1-2H3,(H2,17,18,19);1H4. The van der Waals surface area contributed by atoms with Gasteiger partial charge < -0.3 is 20.0 Å². The minimum atomic E-state index is -4.65. The maximum Gasteiger partial charge on any atom is 0.475 e. The summed E-state index contributed by atoms with van der Waals surface area (Å²) in [4.78, 5) is 65.2. The van der Waals surface area contributed by atoms with Crippen LogP contribution in [0.25, 0.3) is 0 Å². The second kappa shape index (κ2) is 30.1. The Balaban J connectivity index is 0.00000130. The Morgan fingerprint density at radius 1 is 0.633 bits per heavy atom. The molecule has 0 aliphatic heterocycles. The number of carbonyl (C=O) groups is 4. The van der Waals surface area contributed by atoms with E-state index in [2.05, 4.69) is 17.2 Å². The third-order valence-corrected chi connectivity index (χ3v) is 11.7. The Kier molecular flexibility index (Phi) is 29.1. The van der Waals surface area contributed by atoms with Crippen LogP contribution >= 0.6 is 40.0 Å². The molecular weight excluding hydrogens is 855 g/mol. The molecule has 2 rings (SSSR count). The molecule has 0 heterocycles. The summed E-state index contributed by atoms with van der Waals surface area (Å²) in [6.07, 6.45) is 3.16. The highest BCUT2D eigenvalue weighted by Gasteiger charge is 2.38. The summed E-state index contributed by atoms with van der Waals surface area (Å²) in [5, 5.41) is 20.7. The number of aliphatic hydroxyl groups excluding tert-OH is 2. The van der Waals surface area contributed by atoms with Gasteiger partial charge in [-0.15, -0.1) is 0 Å². The van der Waals surface area contributed by atoms with E-state index < -0.39 is 51.1 Å². The Hall–Kier alpha value is -2.04. The molecule has 4 N–H and O–H groups in total. The van der Waals surface area contributed by atoms with Gasteiger partial charge in [0.2, 0.25) is 0 Å². The molecule has 2 aromatic rings. The van der Waals surface area contributed by atoms with Crippen molar-refractivity contribution in [3.8, 4) is 0 Å². The fourth-order valence-electron chi connectivity index (χ4n) is 5.23. The number of aliphatic hydroxyl groups is 2. The van der Waals surface area contributed by atoms with Gasteiger partial charge in [0.15, 0.2) is 11.6 Å². The fourth-order valence-corrected chi connectivity index (χ4v) is 7.65. The number of carbonyl (C=O) groups excluding carboxylic acids is 4. The number of hydrogen-bond donors (Lipinski definition) is 5. The van der Waals surface area contributed by atoms with E-state index in [-0.39, 0.29) is 63.9 Å². The van der Waals surface area contributed by atoms with Crippen LogP contribution in [-0.4, -0.2) is 86.3 Å². The van der Waals surface area contributed by atoms with Crippen molar-refractivity contribution in [1.29, 1.82) is 0 Å². The van der Waals surface area contributed by atoms with Crippen LogP contribution in [0, 0.1) is 10.8 Å². The van der Waals surface area contributed by atoms with E-state index in [4.69, 9.17) is 23.4 Å². The first-order valence-electron chi connectivity index (χ1n) is 19.5. The van der Waals surface area contributed by atoms with Crippen LogP contribution in [0.15, 0.2) is 60.7 Å². The molecule has 0 saturated carbocycles. The highest BCUT2D eigenvalue weighted by molar-refractivity contribution is 7.98. The number of hydrogen-bond acceptors (Lipinski definition) is 14. The van der Waals surface area contributed by atoms with Crippen LogP contribution in [0.2, 0.25) is 0 Å². The topological polar surface area (TPSA) is 220 Å². The summed E-state index contributed by atoms with van der Waals surface area (Å²) in [6, 6.07) is 18.5. The first-order valence-corrected chi connectivity index (χ1v) is 24.5. The van der Waals surface area contributed by atoms with Crippen molar-refractivity contribution < 1.29 is 66.4 Å². The van der Waals surface area contributed by atoms with Gasteiger partial charge >= 0.3 is 15.6 Å². The Morgan fingerprint density at radius 3 is 1.40 bits per heavy atom. The molecule has 0 saturated heterocycles. The molecular formula is C42H68O14P2S2. The number of Topliss-reactive ketones (excluding diaryl/α,β-unsaturated/α-hetero) is 4. The molecule has 14 nitrogen and oxygen atoms in total. The molecule has 2 unspecified atom stereocenters. The van der Waals surface area contributed by atoms with Crippen LogP contribution < -0.4 is 0 Å². The summed E-state index contributed by atoms with van der Waals surface area (Å²) in [7, 11) is -8.68. The number of benzene rings is 2. The largest absolute Gasteiger partial charge is 0.475 e. The van der Waals surface area contributed by atoms with E-state index in [9.17, 15) is 38.5 Å². The molecule has 0 aromatic heterocycles. The molecule has 0 fully saturated rings. The van der Waals surface area contributed by atoms with Gasteiger partial charge in [-0.1, -0.05) is 95.8 Å². The minimum Gasteiger partial charge on any atom is -0.385 e. The average Bonchev–Trinajstić information content (AvgIpc) is 3.20. The summed E-state index contributed by atoms with van der Waals surface area (Å²) in [5.41, 5.74) is -0.588. The van der Waals surface area contributed by atoms with Crippen molar-refractivity contribution in [3.05, 3.63) is 71.8 Å². The Labute approximate surface area is 366 Å². The number of phosphoric acid groups is 2. The van der Waals surface area contributed by atoms with Gasteiger partial charge in [-0.05, 0) is 54.6 Å². The number of phosphoric ester groups is 2. The van der Waals surface area contributed by atoms with Crippen LogP contribution in [-0.2, 0) is 59.6 Å². The lowest BCUT2D eigenvalue weighted by Crippen LogP contribution is -2.39. The zero-order chi connectivity index (χ0) is 44.5. The molecule has 0 spiro atoms. The number of rotatable bonds is 31. The molecule has 2 aromatic carbocycles. The van der Waals surface area contributed by atoms with Crippen molar-refractivity contribution in [2.75, 3.05) is 31.0 Å². The number of thiol groups is 1. The third kappa shape index (κ3) is 25.8. The second-order valence-corrected chi connectivity index (χ2v) is 19.8. The highest BCUT2D eigenvalue weighted by Crippen LogP contribution is 2.52. The SMILES string of the molecule is C.CC(C)(COP(=O)(O)O)C(O)C(=O)CCCC(=O)CCCS.CSCCCC(=O)CCCC(=O)C(O)C(C)(C)COP(=O)(OCc1ccccc1)OCc1ccccc1. The normalized spacial score (nSPS) is 13.0. The van der Waals surface area contributed by atoms with Crippen LogP contribution in [0.3, 0.4) is 0 Å². The molecule has 18 heteroatoms. The van der Waals surface area contributed by atoms with Crippen LogP contribution in [0.4, 0.5) is 0 Å². The monoisotopic (exact) mass is 922 g/mol. The van der Waals surface area contributed by atoms with E-state index in [1.54, 1.807) is 25.6 Å². The van der Waals surface area contributed by atoms with Gasteiger partial charge in [0.05, 0.1) is 26.4 Å². The summed E-state index contributed by atoms with van der Waals surface area (Å²) in [5.74, 6) is 0.909. The van der Waals surface area contributed by atoms with Gasteiger partial charge in [0.25, 0.3) is 0 Å². The number of thioether (sulfide) groups is 1. The highest BCUT2D eigenvalue weighted by atomic mass is 32.2. The van der Waals surface area contributed by atoms with Gasteiger partial charge in [-0.25, -0.2) is 9.13 Å². The van der Waals surface area contributed by atoms with E-state index in [0.717, 1.165) is 23.3 Å². The molecule has 2 atom stereocenters. The van der Waals surface area contributed by atoms with Gasteiger partial charge in [-0.2, -0.15) is 24.4 Å². The van der Waals surface area contributed by atoms with Crippen molar-refractivity contribution >= 4 is 63.2 Å². The molecule has 0 aliphatic carbocycles. The fraction of sp³-hybridized carbons (Fsp3) is 0.619. The molecule has 342 valence electrons. The predicted molar refractivity (Wildman–Crippen MR) is 239 cm³/mol. The van der Waals surface area contributed by atoms with Gasteiger partial charge in [-0.3, -0.25) is 37.3 Å². The average molecular weight is 923 g/mol. The van der Waals surface area contributed by atoms with E-state index in [1.807, 2.05) is 66.9 Å². The molecule has 0 aliphatic rings. The molecule has 0 amide bonds. The minimum absolute atomic E-state index is 0. The zero-order valence-corrected chi connectivity index (χ0v) is 38.4. The van der Waals surface area contributed by atoms with Gasteiger partial charge in [0.1, 0.15) is 23.8 Å². The van der Waals surface area contributed by atoms with E-state index in [0.29, 0.717) is 44.3 Å². The van der Waals surface area contributed by atoms with Crippen molar-refractivity contribution in [1.82, 2.24) is 0 Å². The summed E-state index contributed by atoms with van der Waals surface area (Å²) >= 11 is 5.71. The van der Waals surface area contributed by atoms with Crippen LogP contribution in [0.1, 0.15) is 110 Å². The van der Waals surface area contributed by atoms with Crippen molar-refractivity contribution in [2.45, 2.75) is 125 Å². The molecule has 0 bridgehead atoms. The zero-order valence-electron chi connectivity index (χ0n) is 34.9. The lowest BCUT2D eigenvalue weighted by molar-refractivity contribution is -0.135. The lowest BCUT2D eigenvalue weighted by Gasteiger charge is -2.30. The van der Waals surface area contributed by atoms with Gasteiger partial charge in [0, 0.05) is 49.4 Å². The Morgan fingerprint density at radius 2 is 1.02 bits per heavy atom. The van der Waals surface area contributed by atoms with Crippen molar-refractivity contribution in [3.63, 3.8) is 0 Å². The van der Waals surface area contributed by atoms with E-state index in [1.165, 1.54) is 13.8 Å². The quantitative estimate of drug-likeness (QED) is 0.0272. The lowest BCUT2D eigenvalue weighted by atomic mass is 9.84. The maximum atomic E-state index is 13.5. The maximum absolute atomic E-state index is 13.5. The molecule has 60 heavy (non-hydrogen) atoms. The third-order valence-electron chi connectivity index (χ3n) is 8.93. The van der Waals surface area contributed by atoms with Crippen LogP contribution in [0.5, 0.6) is 0 Å². The predicted octanol–water partition coefficient (Wildman–Crippen LogP) is 8.52.